The van der Waals surface area contributed by atoms with Crippen LogP contribution in [-0.4, -0.2) is 37.1 Å². The average molecular weight is 198 g/mol. The molecule has 2 atom stereocenters. The molecule has 1 aliphatic carbocycles. The van der Waals surface area contributed by atoms with E-state index in [1.807, 2.05) is 0 Å². The molecule has 0 aromatic rings. The van der Waals surface area contributed by atoms with E-state index in [9.17, 15) is 0 Å². The molecule has 0 radical (unpaired) electrons. The second kappa shape index (κ2) is 5.72. The molecule has 0 saturated heterocycles. The van der Waals surface area contributed by atoms with Crippen molar-refractivity contribution < 1.29 is 0 Å². The number of hydrogen-bond donors (Lipinski definition) is 1. The molecule has 1 fully saturated rings. The second-order valence-electron chi connectivity index (χ2n) is 4.77. The Balaban J connectivity index is 2.41. The molecule has 1 N–H and O–H groups in total. The minimum atomic E-state index is 0.693. The summed E-state index contributed by atoms with van der Waals surface area (Å²) >= 11 is 0. The minimum Gasteiger partial charge on any atom is -0.317 e. The van der Waals surface area contributed by atoms with E-state index in [1.165, 1.54) is 32.4 Å². The zero-order chi connectivity index (χ0) is 10.6. The Bertz CT molecular complexity index is 156. The summed E-state index contributed by atoms with van der Waals surface area (Å²) in [6.45, 7) is 9.33. The number of nitrogens with one attached hydrogen (secondary N) is 1. The summed E-state index contributed by atoms with van der Waals surface area (Å²) in [5.74, 6) is 0.877. The van der Waals surface area contributed by atoms with Crippen molar-refractivity contribution in [2.75, 3.05) is 20.1 Å². The van der Waals surface area contributed by atoms with E-state index in [0.29, 0.717) is 6.04 Å². The molecular formula is C12H26N2. The largest absolute Gasteiger partial charge is 0.317 e. The van der Waals surface area contributed by atoms with Crippen LogP contribution in [0.25, 0.3) is 0 Å². The molecule has 0 heterocycles. The van der Waals surface area contributed by atoms with Gasteiger partial charge in [-0.3, -0.25) is 0 Å². The number of rotatable bonds is 5. The van der Waals surface area contributed by atoms with Crippen molar-refractivity contribution in [2.45, 2.75) is 52.1 Å². The van der Waals surface area contributed by atoms with Gasteiger partial charge in [-0.1, -0.05) is 13.3 Å². The Morgan fingerprint density at radius 1 is 1.36 bits per heavy atom. The number of hydrogen-bond acceptors (Lipinski definition) is 2. The first-order valence-corrected chi connectivity index (χ1v) is 6.10. The summed E-state index contributed by atoms with van der Waals surface area (Å²) in [4.78, 5) is 2.58. The molecule has 2 heteroatoms. The van der Waals surface area contributed by atoms with E-state index in [0.717, 1.165) is 12.0 Å². The van der Waals surface area contributed by atoms with E-state index in [1.54, 1.807) is 0 Å². The summed E-state index contributed by atoms with van der Waals surface area (Å²) in [6, 6.07) is 1.46. The van der Waals surface area contributed by atoms with Crippen LogP contribution in [0.3, 0.4) is 0 Å². The summed E-state index contributed by atoms with van der Waals surface area (Å²) in [6.07, 6.45) is 4.19. The molecule has 0 aliphatic heterocycles. The first kappa shape index (κ1) is 12.0. The molecule has 1 saturated carbocycles. The van der Waals surface area contributed by atoms with Gasteiger partial charge in [0.25, 0.3) is 0 Å². The molecule has 0 aromatic carbocycles. The van der Waals surface area contributed by atoms with Crippen LogP contribution in [0.1, 0.15) is 40.0 Å². The number of nitrogens with zero attached hydrogens (tertiary/aromatic N) is 1. The van der Waals surface area contributed by atoms with Crippen LogP contribution >= 0.6 is 0 Å². The molecule has 2 nitrogen and oxygen atoms in total. The van der Waals surface area contributed by atoms with Crippen molar-refractivity contribution in [3.8, 4) is 0 Å². The second-order valence-corrected chi connectivity index (χ2v) is 4.77. The van der Waals surface area contributed by atoms with Crippen molar-refractivity contribution in [2.24, 2.45) is 5.92 Å². The highest BCUT2D eigenvalue weighted by Crippen LogP contribution is 2.26. The van der Waals surface area contributed by atoms with Crippen LogP contribution < -0.4 is 5.32 Å². The Kier molecular flexibility index (Phi) is 4.90. The fourth-order valence-corrected chi connectivity index (χ4v) is 2.64. The third-order valence-corrected chi connectivity index (χ3v) is 3.64. The van der Waals surface area contributed by atoms with Gasteiger partial charge in [-0.25, -0.2) is 0 Å². The van der Waals surface area contributed by atoms with E-state index in [-0.39, 0.29) is 0 Å². The molecule has 1 aliphatic rings. The maximum atomic E-state index is 3.46. The van der Waals surface area contributed by atoms with Gasteiger partial charge in [-0.15, -0.1) is 0 Å². The van der Waals surface area contributed by atoms with Gasteiger partial charge in [0, 0.05) is 18.6 Å². The predicted octanol–water partition coefficient (Wildman–Crippen LogP) is 2.10. The summed E-state index contributed by atoms with van der Waals surface area (Å²) < 4.78 is 0. The van der Waals surface area contributed by atoms with Crippen LogP contribution in [0.4, 0.5) is 0 Å². The lowest BCUT2D eigenvalue weighted by atomic mass is 10.0. The molecule has 14 heavy (non-hydrogen) atoms. The van der Waals surface area contributed by atoms with Crippen molar-refractivity contribution in [3.05, 3.63) is 0 Å². The molecule has 0 amide bonds. The van der Waals surface area contributed by atoms with Gasteiger partial charge < -0.3 is 10.2 Å². The first-order chi connectivity index (χ1) is 6.69. The molecule has 1 rings (SSSR count). The van der Waals surface area contributed by atoms with Crippen molar-refractivity contribution in [3.63, 3.8) is 0 Å². The van der Waals surface area contributed by atoms with Gasteiger partial charge in [-0.05, 0) is 46.2 Å². The van der Waals surface area contributed by atoms with E-state index < -0.39 is 0 Å². The topological polar surface area (TPSA) is 15.3 Å². The van der Waals surface area contributed by atoms with Crippen LogP contribution in [0.15, 0.2) is 0 Å². The maximum absolute atomic E-state index is 3.46. The smallest absolute Gasteiger partial charge is 0.0104 e. The normalized spacial score (nSPS) is 27.9. The van der Waals surface area contributed by atoms with E-state index in [4.69, 9.17) is 0 Å². The highest BCUT2D eigenvalue weighted by molar-refractivity contribution is 4.84. The summed E-state index contributed by atoms with van der Waals surface area (Å²) in [5, 5.41) is 3.46. The fraction of sp³-hybridized carbons (Fsp3) is 1.00. The lowest BCUT2D eigenvalue weighted by Gasteiger charge is -2.30. The van der Waals surface area contributed by atoms with Crippen molar-refractivity contribution in [1.29, 1.82) is 0 Å². The molecule has 0 aromatic heterocycles. The van der Waals surface area contributed by atoms with Crippen LogP contribution in [0.5, 0.6) is 0 Å². The third-order valence-electron chi connectivity index (χ3n) is 3.64. The van der Waals surface area contributed by atoms with Gasteiger partial charge in [0.2, 0.25) is 0 Å². The van der Waals surface area contributed by atoms with Gasteiger partial charge in [0.05, 0.1) is 0 Å². The average Bonchev–Trinajstić information content (AvgIpc) is 2.60. The SMILES string of the molecule is CCN(CC1CCCC1NC)C(C)C. The zero-order valence-corrected chi connectivity index (χ0v) is 10.2. The van der Waals surface area contributed by atoms with Crippen LogP contribution in [0, 0.1) is 5.92 Å². The van der Waals surface area contributed by atoms with E-state index >= 15 is 0 Å². The lowest BCUT2D eigenvalue weighted by Crippen LogP contribution is -2.40. The minimum absolute atomic E-state index is 0.693. The molecular weight excluding hydrogens is 172 g/mol. The Morgan fingerprint density at radius 2 is 2.07 bits per heavy atom. The van der Waals surface area contributed by atoms with E-state index in [2.05, 4.69) is 38.0 Å². The van der Waals surface area contributed by atoms with Gasteiger partial charge in [0.15, 0.2) is 0 Å². The highest BCUT2D eigenvalue weighted by atomic mass is 15.1. The van der Waals surface area contributed by atoms with Gasteiger partial charge >= 0.3 is 0 Å². The summed E-state index contributed by atoms with van der Waals surface area (Å²) in [7, 11) is 2.11. The highest BCUT2D eigenvalue weighted by Gasteiger charge is 2.27. The fourth-order valence-electron chi connectivity index (χ4n) is 2.64. The first-order valence-electron chi connectivity index (χ1n) is 6.10. The standard InChI is InChI=1S/C12H26N2/c1-5-14(10(2)3)9-11-7-6-8-12(11)13-4/h10-13H,5-9H2,1-4H3. The Morgan fingerprint density at radius 3 is 2.57 bits per heavy atom. The zero-order valence-electron chi connectivity index (χ0n) is 10.2. The molecule has 0 bridgehead atoms. The van der Waals surface area contributed by atoms with Crippen molar-refractivity contribution >= 4 is 0 Å². The van der Waals surface area contributed by atoms with Gasteiger partial charge in [-0.2, -0.15) is 0 Å². The van der Waals surface area contributed by atoms with Gasteiger partial charge in [0.1, 0.15) is 0 Å². The van der Waals surface area contributed by atoms with Crippen LogP contribution in [0.2, 0.25) is 0 Å². The summed E-state index contributed by atoms with van der Waals surface area (Å²) in [5.41, 5.74) is 0. The van der Waals surface area contributed by atoms with Crippen molar-refractivity contribution in [1.82, 2.24) is 10.2 Å². The predicted molar refractivity (Wildman–Crippen MR) is 62.6 cm³/mol. The lowest BCUT2D eigenvalue weighted by molar-refractivity contribution is 0.185. The Hall–Kier alpha value is -0.0800. The third kappa shape index (κ3) is 2.96. The monoisotopic (exact) mass is 198 g/mol. The van der Waals surface area contributed by atoms with Crippen LogP contribution in [-0.2, 0) is 0 Å². The molecule has 2 unspecified atom stereocenters. The maximum Gasteiger partial charge on any atom is 0.0104 e. The molecule has 84 valence electrons. The molecule has 0 spiro atoms. The quantitative estimate of drug-likeness (QED) is 0.728. The Labute approximate surface area is 89.1 Å².